The molecule has 0 spiro atoms. The van der Waals surface area contributed by atoms with Crippen molar-refractivity contribution in [2.45, 2.75) is 25.7 Å². The molecule has 0 aromatic heterocycles. The minimum atomic E-state index is -3.75. The predicted octanol–water partition coefficient (Wildman–Crippen LogP) is 2.44. The predicted molar refractivity (Wildman–Crippen MR) is 73.8 cm³/mol. The summed E-state index contributed by atoms with van der Waals surface area (Å²) >= 11 is 0. The molecule has 1 saturated heterocycles. The number of nitrogens with zero attached hydrogens (tertiary/aromatic N) is 2. The highest BCUT2D eigenvalue weighted by molar-refractivity contribution is 6.22. The van der Waals surface area contributed by atoms with Gasteiger partial charge in [0.25, 0.3) is 5.91 Å². The van der Waals surface area contributed by atoms with Crippen LogP contribution >= 0.6 is 0 Å². The van der Waals surface area contributed by atoms with Crippen LogP contribution in [0.25, 0.3) is 0 Å². The third kappa shape index (κ3) is 2.61. The maximum atomic E-state index is 12.9. The SMILES string of the molecule is COC(F)(F)Oc1ccc(N2C(=O)N(C)C(C)(C)C2=O)cc1. The van der Waals surface area contributed by atoms with E-state index in [1.165, 1.54) is 36.2 Å². The molecule has 3 amide bonds. The molecule has 2 rings (SSSR count). The number of ether oxygens (including phenoxy) is 2. The highest BCUT2D eigenvalue weighted by Gasteiger charge is 2.49. The zero-order chi connectivity index (χ0) is 16.7. The van der Waals surface area contributed by atoms with Gasteiger partial charge >= 0.3 is 12.3 Å². The van der Waals surface area contributed by atoms with E-state index in [9.17, 15) is 18.4 Å². The number of hydrogen-bond acceptors (Lipinski definition) is 4. The fourth-order valence-electron chi connectivity index (χ4n) is 1.96. The van der Waals surface area contributed by atoms with Crippen molar-refractivity contribution in [3.8, 4) is 5.75 Å². The highest BCUT2D eigenvalue weighted by atomic mass is 19.3. The fourth-order valence-corrected chi connectivity index (χ4v) is 1.96. The quantitative estimate of drug-likeness (QED) is 0.633. The lowest BCUT2D eigenvalue weighted by atomic mass is 10.1. The molecule has 0 atom stereocenters. The number of anilines is 1. The van der Waals surface area contributed by atoms with Gasteiger partial charge in [-0.15, -0.1) is 8.78 Å². The molecule has 0 radical (unpaired) electrons. The lowest BCUT2D eigenvalue weighted by Gasteiger charge is -2.22. The number of hydrogen-bond donors (Lipinski definition) is 0. The van der Waals surface area contributed by atoms with Crippen LogP contribution in [0.4, 0.5) is 19.3 Å². The third-order valence-corrected chi connectivity index (χ3v) is 3.61. The van der Waals surface area contributed by atoms with Crippen molar-refractivity contribution in [2.24, 2.45) is 0 Å². The standard InChI is InChI=1S/C14H16F2N2O4/c1-13(2)11(19)18(12(20)17(13)3)9-5-7-10(8-6-9)22-14(15,16)21-4/h5-8H,1-4H3. The van der Waals surface area contributed by atoms with Gasteiger partial charge in [-0.25, -0.2) is 9.69 Å². The molecular weight excluding hydrogens is 298 g/mol. The van der Waals surface area contributed by atoms with Crippen molar-refractivity contribution in [3.05, 3.63) is 24.3 Å². The van der Waals surface area contributed by atoms with Crippen LogP contribution in [0.15, 0.2) is 24.3 Å². The van der Waals surface area contributed by atoms with Crippen LogP contribution in [-0.4, -0.2) is 42.8 Å². The average Bonchev–Trinajstić information content (AvgIpc) is 2.61. The Bertz CT molecular complexity index is 601. The molecule has 8 heteroatoms. The number of imide groups is 1. The highest BCUT2D eigenvalue weighted by Crippen LogP contribution is 2.32. The zero-order valence-corrected chi connectivity index (χ0v) is 12.6. The molecule has 120 valence electrons. The number of methoxy groups -OCH3 is 1. The van der Waals surface area contributed by atoms with E-state index in [1.54, 1.807) is 13.8 Å². The van der Waals surface area contributed by atoms with Crippen molar-refractivity contribution in [1.82, 2.24) is 4.90 Å². The van der Waals surface area contributed by atoms with Gasteiger partial charge in [0.1, 0.15) is 11.3 Å². The third-order valence-electron chi connectivity index (χ3n) is 3.61. The zero-order valence-electron chi connectivity index (χ0n) is 12.6. The van der Waals surface area contributed by atoms with Crippen LogP contribution < -0.4 is 9.64 Å². The van der Waals surface area contributed by atoms with Crippen molar-refractivity contribution < 1.29 is 27.8 Å². The largest absolute Gasteiger partial charge is 0.535 e. The molecule has 1 aliphatic rings. The summed E-state index contributed by atoms with van der Waals surface area (Å²) in [4.78, 5) is 26.8. The van der Waals surface area contributed by atoms with E-state index in [-0.39, 0.29) is 11.4 Å². The molecule has 1 heterocycles. The number of halogens is 2. The number of benzene rings is 1. The van der Waals surface area contributed by atoms with Gasteiger partial charge in [-0.1, -0.05) is 0 Å². The summed E-state index contributed by atoms with van der Waals surface area (Å²) in [5.41, 5.74) is -0.685. The van der Waals surface area contributed by atoms with E-state index < -0.39 is 23.8 Å². The monoisotopic (exact) mass is 314 g/mol. The Morgan fingerprint density at radius 2 is 1.68 bits per heavy atom. The number of rotatable bonds is 4. The second-order valence-corrected chi connectivity index (χ2v) is 5.30. The molecule has 1 aliphatic heterocycles. The second-order valence-electron chi connectivity index (χ2n) is 5.30. The minimum Gasteiger partial charge on any atom is -0.409 e. The number of amides is 3. The first-order valence-corrected chi connectivity index (χ1v) is 6.44. The Labute approximate surface area is 126 Å². The van der Waals surface area contributed by atoms with Crippen molar-refractivity contribution in [2.75, 3.05) is 19.1 Å². The van der Waals surface area contributed by atoms with Crippen LogP contribution in [0.2, 0.25) is 0 Å². The van der Waals surface area contributed by atoms with E-state index >= 15 is 0 Å². The van der Waals surface area contributed by atoms with Gasteiger partial charge < -0.3 is 9.64 Å². The fraction of sp³-hybridized carbons (Fsp3) is 0.429. The van der Waals surface area contributed by atoms with Crippen LogP contribution in [0.1, 0.15) is 13.8 Å². The van der Waals surface area contributed by atoms with Gasteiger partial charge in [0.15, 0.2) is 0 Å². The molecule has 1 aromatic rings. The molecule has 0 N–H and O–H groups in total. The summed E-state index contributed by atoms with van der Waals surface area (Å²) in [7, 11) is 2.34. The van der Waals surface area contributed by atoms with Gasteiger partial charge in [-0.05, 0) is 38.1 Å². The summed E-state index contributed by atoms with van der Waals surface area (Å²) < 4.78 is 34.1. The van der Waals surface area contributed by atoms with Gasteiger partial charge in [-0.2, -0.15) is 0 Å². The van der Waals surface area contributed by atoms with Crippen molar-refractivity contribution in [1.29, 1.82) is 0 Å². The van der Waals surface area contributed by atoms with E-state index in [2.05, 4.69) is 9.47 Å². The second kappa shape index (κ2) is 5.20. The van der Waals surface area contributed by atoms with E-state index in [1.807, 2.05) is 0 Å². The van der Waals surface area contributed by atoms with Crippen LogP contribution in [0, 0.1) is 0 Å². The average molecular weight is 314 g/mol. The van der Waals surface area contributed by atoms with Crippen LogP contribution in [0.5, 0.6) is 5.75 Å². The Hall–Kier alpha value is -2.22. The number of carbonyl (C=O) groups excluding carboxylic acids is 2. The first-order valence-electron chi connectivity index (χ1n) is 6.44. The molecule has 22 heavy (non-hydrogen) atoms. The summed E-state index contributed by atoms with van der Waals surface area (Å²) in [6, 6.07) is 4.69. The normalized spacial score (nSPS) is 18.1. The summed E-state index contributed by atoms with van der Waals surface area (Å²) in [5, 5.41) is 0. The molecule has 1 aromatic carbocycles. The molecule has 1 fully saturated rings. The molecule has 0 unspecified atom stereocenters. The first kappa shape index (κ1) is 16.2. The smallest absolute Gasteiger partial charge is 0.409 e. The van der Waals surface area contributed by atoms with Gasteiger partial charge in [-0.3, -0.25) is 9.53 Å². The molecular formula is C14H16F2N2O4. The number of alkyl halides is 2. The van der Waals surface area contributed by atoms with Gasteiger partial charge in [0.05, 0.1) is 5.69 Å². The van der Waals surface area contributed by atoms with Gasteiger partial charge in [0, 0.05) is 14.2 Å². The Balaban J connectivity index is 2.25. The van der Waals surface area contributed by atoms with Crippen molar-refractivity contribution in [3.63, 3.8) is 0 Å². The van der Waals surface area contributed by atoms with Crippen molar-refractivity contribution >= 4 is 17.6 Å². The molecule has 0 aliphatic carbocycles. The number of carbonyl (C=O) groups is 2. The molecule has 0 saturated carbocycles. The Morgan fingerprint density at radius 1 is 1.14 bits per heavy atom. The lowest BCUT2D eigenvalue weighted by Crippen LogP contribution is -2.41. The van der Waals surface area contributed by atoms with Crippen LogP contribution in [0.3, 0.4) is 0 Å². The maximum Gasteiger partial charge on any atom is 0.535 e. The van der Waals surface area contributed by atoms with E-state index in [4.69, 9.17) is 0 Å². The molecule has 6 nitrogen and oxygen atoms in total. The summed E-state index contributed by atoms with van der Waals surface area (Å²) in [6.45, 7) is 3.26. The maximum absolute atomic E-state index is 12.9. The van der Waals surface area contributed by atoms with E-state index in [0.717, 1.165) is 12.0 Å². The van der Waals surface area contributed by atoms with Crippen LogP contribution in [-0.2, 0) is 9.53 Å². The topological polar surface area (TPSA) is 59.1 Å². The number of likely N-dealkylation sites (N-methyl/N-ethyl adjacent to an activating group) is 1. The minimum absolute atomic E-state index is 0.151. The Morgan fingerprint density at radius 3 is 2.09 bits per heavy atom. The molecule has 0 bridgehead atoms. The number of urea groups is 1. The van der Waals surface area contributed by atoms with Gasteiger partial charge in [0.2, 0.25) is 0 Å². The Kier molecular flexibility index (Phi) is 3.82. The summed E-state index contributed by atoms with van der Waals surface area (Å²) in [6.07, 6.45) is -3.75. The van der Waals surface area contributed by atoms with E-state index in [0.29, 0.717) is 0 Å². The summed E-state index contributed by atoms with van der Waals surface area (Å²) in [5.74, 6) is -0.543. The lowest BCUT2D eigenvalue weighted by molar-refractivity contribution is -0.342. The first-order chi connectivity index (χ1) is 10.1.